The van der Waals surface area contributed by atoms with E-state index >= 15 is 0 Å². The molecule has 0 aliphatic carbocycles. The van der Waals surface area contributed by atoms with Crippen LogP contribution in [0.3, 0.4) is 0 Å². The van der Waals surface area contributed by atoms with Crippen LogP contribution in [0.4, 0.5) is 4.79 Å². The number of nitrogens with one attached hydrogen (secondary N) is 3. The van der Waals surface area contributed by atoms with Gasteiger partial charge in [-0.25, -0.2) is 4.79 Å². The van der Waals surface area contributed by atoms with Crippen LogP contribution in [0, 0.1) is 0 Å². The van der Waals surface area contributed by atoms with Crippen LogP contribution >= 0.6 is 0 Å². The molecule has 0 saturated carbocycles. The Morgan fingerprint density at radius 3 is 1.75 bits per heavy atom. The Morgan fingerprint density at radius 1 is 0.917 bits per heavy atom. The highest BCUT2D eigenvalue weighted by atomic mass is 16.2. The van der Waals surface area contributed by atoms with E-state index in [-0.39, 0.29) is 11.9 Å². The summed E-state index contributed by atoms with van der Waals surface area (Å²) in [5, 5.41) is 7.82. The summed E-state index contributed by atoms with van der Waals surface area (Å²) in [6.45, 7) is 2.44. The first-order valence-corrected chi connectivity index (χ1v) is 4.07. The molecule has 0 atom stereocenters. The molecule has 2 fully saturated rings. The van der Waals surface area contributed by atoms with Gasteiger partial charge in [-0.2, -0.15) is 0 Å². The second-order valence-electron chi connectivity index (χ2n) is 2.64. The van der Waals surface area contributed by atoms with E-state index < -0.39 is 0 Å². The third-order valence-electron chi connectivity index (χ3n) is 1.60. The van der Waals surface area contributed by atoms with Crippen LogP contribution in [0.15, 0.2) is 0 Å². The number of hydrogen-bond acceptors (Lipinski definition) is 2. The maximum absolute atomic E-state index is 10.1. The molecule has 2 heterocycles. The van der Waals surface area contributed by atoms with Crippen molar-refractivity contribution in [3.05, 3.63) is 0 Å². The Labute approximate surface area is 70.9 Å². The maximum Gasteiger partial charge on any atom is 0.314 e. The number of carbonyl (C=O) groups excluding carboxylic acids is 2. The van der Waals surface area contributed by atoms with Crippen LogP contribution in [-0.2, 0) is 4.79 Å². The van der Waals surface area contributed by atoms with Crippen molar-refractivity contribution < 1.29 is 9.59 Å². The van der Waals surface area contributed by atoms with Gasteiger partial charge in [0.1, 0.15) is 0 Å². The zero-order chi connectivity index (χ0) is 8.81. The molecule has 3 amide bonds. The molecular weight excluding hydrogens is 158 g/mol. The van der Waals surface area contributed by atoms with Crippen LogP contribution < -0.4 is 16.0 Å². The van der Waals surface area contributed by atoms with Gasteiger partial charge in [-0.3, -0.25) is 4.79 Å². The van der Waals surface area contributed by atoms with E-state index in [0.29, 0.717) is 0 Å². The Kier molecular flexibility index (Phi) is 3.37. The molecule has 0 aromatic heterocycles. The van der Waals surface area contributed by atoms with Crippen LogP contribution in [0.2, 0.25) is 0 Å². The Hall–Kier alpha value is -1.26. The van der Waals surface area contributed by atoms with Gasteiger partial charge in [0, 0.05) is 26.1 Å². The van der Waals surface area contributed by atoms with Gasteiger partial charge in [-0.05, 0) is 6.42 Å². The quantitative estimate of drug-likeness (QED) is 0.446. The average Bonchev–Trinajstić information content (AvgIpc) is 2.63. The average molecular weight is 171 g/mol. The first-order chi connectivity index (χ1) is 5.79. The first-order valence-electron chi connectivity index (χ1n) is 4.07. The van der Waals surface area contributed by atoms with E-state index in [1.165, 1.54) is 0 Å². The summed E-state index contributed by atoms with van der Waals surface area (Å²) in [7, 11) is 0. The molecule has 2 rings (SSSR count). The number of rotatable bonds is 0. The molecule has 0 bridgehead atoms. The summed E-state index contributed by atoms with van der Waals surface area (Å²) in [6.07, 6.45) is 1.76. The maximum atomic E-state index is 10.1. The summed E-state index contributed by atoms with van der Waals surface area (Å²) in [4.78, 5) is 20.2. The van der Waals surface area contributed by atoms with Crippen molar-refractivity contribution in [3.63, 3.8) is 0 Å². The van der Waals surface area contributed by atoms with Crippen molar-refractivity contribution in [2.45, 2.75) is 12.8 Å². The Bertz CT molecular complexity index is 145. The lowest BCUT2D eigenvalue weighted by Crippen LogP contribution is -2.20. The fourth-order valence-electron chi connectivity index (χ4n) is 0.980. The van der Waals surface area contributed by atoms with Gasteiger partial charge in [0.25, 0.3) is 0 Å². The molecule has 12 heavy (non-hydrogen) atoms. The van der Waals surface area contributed by atoms with E-state index in [0.717, 1.165) is 32.5 Å². The molecule has 2 saturated heterocycles. The highest BCUT2D eigenvalue weighted by Crippen LogP contribution is 1.93. The minimum atomic E-state index is -0.0463. The van der Waals surface area contributed by atoms with Crippen molar-refractivity contribution in [2.75, 3.05) is 19.6 Å². The normalized spacial score (nSPS) is 20.3. The molecule has 68 valence electrons. The highest BCUT2D eigenvalue weighted by molar-refractivity contribution is 5.77. The number of hydrogen-bond donors (Lipinski definition) is 3. The Balaban J connectivity index is 0.000000120. The molecule has 0 aromatic rings. The lowest BCUT2D eigenvalue weighted by molar-refractivity contribution is -0.119. The van der Waals surface area contributed by atoms with Gasteiger partial charge in [0.2, 0.25) is 5.91 Å². The van der Waals surface area contributed by atoms with Gasteiger partial charge in [-0.15, -0.1) is 0 Å². The fourth-order valence-corrected chi connectivity index (χ4v) is 0.980. The van der Waals surface area contributed by atoms with Gasteiger partial charge in [-0.1, -0.05) is 0 Å². The second-order valence-corrected chi connectivity index (χ2v) is 2.64. The van der Waals surface area contributed by atoms with E-state index in [4.69, 9.17) is 0 Å². The van der Waals surface area contributed by atoms with Gasteiger partial charge in [0.05, 0.1) is 0 Å². The molecular formula is C7H13N3O2. The smallest absolute Gasteiger partial charge is 0.314 e. The summed E-state index contributed by atoms with van der Waals surface area (Å²) >= 11 is 0. The topological polar surface area (TPSA) is 70.2 Å². The van der Waals surface area contributed by atoms with Crippen molar-refractivity contribution in [1.29, 1.82) is 0 Å². The SMILES string of the molecule is O=C1CCCN1.O=C1NCCN1. The third kappa shape index (κ3) is 3.23. The van der Waals surface area contributed by atoms with Crippen molar-refractivity contribution in [2.24, 2.45) is 0 Å². The van der Waals surface area contributed by atoms with Gasteiger partial charge >= 0.3 is 6.03 Å². The summed E-state index contributed by atoms with van der Waals surface area (Å²) in [6, 6.07) is -0.0463. The number of amides is 3. The van der Waals surface area contributed by atoms with E-state index in [1.807, 2.05) is 0 Å². The predicted octanol–water partition coefficient (Wildman–Crippen LogP) is -0.804. The molecule has 5 nitrogen and oxygen atoms in total. The van der Waals surface area contributed by atoms with Crippen molar-refractivity contribution in [3.8, 4) is 0 Å². The molecule has 3 N–H and O–H groups in total. The third-order valence-corrected chi connectivity index (χ3v) is 1.60. The molecule has 5 heteroatoms. The second kappa shape index (κ2) is 4.58. The van der Waals surface area contributed by atoms with Crippen LogP contribution in [0.25, 0.3) is 0 Å². The zero-order valence-corrected chi connectivity index (χ0v) is 6.85. The van der Waals surface area contributed by atoms with Gasteiger partial charge < -0.3 is 16.0 Å². The number of urea groups is 1. The van der Waals surface area contributed by atoms with Crippen molar-refractivity contribution >= 4 is 11.9 Å². The zero-order valence-electron chi connectivity index (χ0n) is 6.85. The summed E-state index contributed by atoms with van der Waals surface area (Å²) in [5.41, 5.74) is 0. The minimum Gasteiger partial charge on any atom is -0.356 e. The molecule has 0 spiro atoms. The largest absolute Gasteiger partial charge is 0.356 e. The van der Waals surface area contributed by atoms with E-state index in [9.17, 15) is 9.59 Å². The molecule has 2 aliphatic heterocycles. The lowest BCUT2D eigenvalue weighted by atomic mass is 10.4. The highest BCUT2D eigenvalue weighted by Gasteiger charge is 2.05. The van der Waals surface area contributed by atoms with E-state index in [1.54, 1.807) is 0 Å². The van der Waals surface area contributed by atoms with Crippen molar-refractivity contribution in [1.82, 2.24) is 16.0 Å². The van der Waals surface area contributed by atoms with Crippen LogP contribution in [0.1, 0.15) is 12.8 Å². The minimum absolute atomic E-state index is 0.0463. The summed E-state index contributed by atoms with van der Waals surface area (Å²) in [5.74, 6) is 0.204. The van der Waals surface area contributed by atoms with E-state index in [2.05, 4.69) is 16.0 Å². The molecule has 2 aliphatic rings. The lowest BCUT2D eigenvalue weighted by Gasteiger charge is -1.80. The standard InChI is InChI=1S/C4H7NO.C3H6N2O/c6-4-2-1-3-5-4;6-3-4-1-2-5-3/h1-3H2,(H,5,6);1-2H2,(H2,4,5,6). The molecule has 0 radical (unpaired) electrons. The molecule has 0 unspecified atom stereocenters. The summed E-state index contributed by atoms with van der Waals surface area (Å²) < 4.78 is 0. The van der Waals surface area contributed by atoms with Crippen LogP contribution in [-0.4, -0.2) is 31.6 Å². The fraction of sp³-hybridized carbons (Fsp3) is 0.714. The monoisotopic (exact) mass is 171 g/mol. The Morgan fingerprint density at radius 2 is 1.58 bits per heavy atom. The molecule has 0 aromatic carbocycles. The number of carbonyl (C=O) groups is 2. The van der Waals surface area contributed by atoms with Gasteiger partial charge in [0.15, 0.2) is 0 Å². The first kappa shape index (κ1) is 8.83. The van der Waals surface area contributed by atoms with Crippen LogP contribution in [0.5, 0.6) is 0 Å². The predicted molar refractivity (Wildman–Crippen MR) is 43.6 cm³/mol.